The van der Waals surface area contributed by atoms with Crippen LogP contribution in [0.4, 0.5) is 0 Å². The highest BCUT2D eigenvalue weighted by Gasteiger charge is 2.21. The first kappa shape index (κ1) is 14.3. The Morgan fingerprint density at radius 3 is 2.63 bits per heavy atom. The molecule has 19 heavy (non-hydrogen) atoms. The van der Waals surface area contributed by atoms with E-state index in [1.54, 1.807) is 0 Å². The maximum Gasteiger partial charge on any atom is 0.135 e. The molecule has 1 aliphatic rings. The lowest BCUT2D eigenvalue weighted by molar-refractivity contribution is 0.129. The average molecular weight is 277 g/mol. The lowest BCUT2D eigenvalue weighted by atomic mass is 9.86. The zero-order valence-corrected chi connectivity index (χ0v) is 12.2. The molecule has 0 unspecified atom stereocenters. The quantitative estimate of drug-likeness (QED) is 0.578. The molecule has 1 aromatic rings. The van der Waals surface area contributed by atoms with E-state index >= 15 is 0 Å². The largest absolute Gasteiger partial charge is 0.489 e. The highest BCUT2D eigenvalue weighted by Crippen LogP contribution is 2.30. The van der Waals surface area contributed by atoms with Crippen molar-refractivity contribution < 1.29 is 4.74 Å². The number of benzene rings is 1. The molecule has 1 aromatic carbocycles. The van der Waals surface area contributed by atoms with Crippen LogP contribution in [0, 0.1) is 17.8 Å². The van der Waals surface area contributed by atoms with Crippen LogP contribution in [-0.4, -0.2) is 12.0 Å². The zero-order chi connectivity index (χ0) is 13.5. The number of alkyl halides is 1. The van der Waals surface area contributed by atoms with Gasteiger partial charge in [-0.15, -0.1) is 11.6 Å². The van der Waals surface area contributed by atoms with Crippen LogP contribution in [0.2, 0.25) is 0 Å². The standard InChI is InChI=1S/C17H21ClO/c1-2-14-9-11-16(12-10-14)19-17-8-4-3-6-15(17)7-5-13-18/h3-4,6,8,14,16H,2,9-13H2,1H3. The van der Waals surface area contributed by atoms with Crippen LogP contribution >= 0.6 is 11.6 Å². The van der Waals surface area contributed by atoms with Gasteiger partial charge < -0.3 is 4.74 Å². The predicted octanol–water partition coefficient (Wildman–Crippen LogP) is 4.62. The smallest absolute Gasteiger partial charge is 0.135 e. The summed E-state index contributed by atoms with van der Waals surface area (Å²) >= 11 is 5.61. The lowest BCUT2D eigenvalue weighted by Gasteiger charge is -2.28. The number of ether oxygens (including phenoxy) is 1. The maximum absolute atomic E-state index is 6.13. The maximum atomic E-state index is 6.13. The molecule has 2 rings (SSSR count). The number of hydrogen-bond donors (Lipinski definition) is 0. The van der Waals surface area contributed by atoms with Gasteiger partial charge in [0.1, 0.15) is 5.75 Å². The van der Waals surface area contributed by atoms with Crippen LogP contribution in [0.25, 0.3) is 0 Å². The van der Waals surface area contributed by atoms with Gasteiger partial charge in [-0.25, -0.2) is 0 Å². The van der Waals surface area contributed by atoms with Gasteiger partial charge >= 0.3 is 0 Å². The Morgan fingerprint density at radius 2 is 1.95 bits per heavy atom. The molecule has 0 aliphatic heterocycles. The predicted molar refractivity (Wildman–Crippen MR) is 80.7 cm³/mol. The van der Waals surface area contributed by atoms with Gasteiger partial charge in [-0.3, -0.25) is 0 Å². The third-order valence-corrected chi connectivity index (χ3v) is 3.98. The van der Waals surface area contributed by atoms with Crippen LogP contribution in [-0.2, 0) is 0 Å². The summed E-state index contributed by atoms with van der Waals surface area (Å²) in [7, 11) is 0. The monoisotopic (exact) mass is 276 g/mol. The molecule has 1 fully saturated rings. The SMILES string of the molecule is CCC1CCC(Oc2ccccc2C#CCCl)CC1. The Labute approximate surface area is 121 Å². The van der Waals surface area contributed by atoms with Gasteiger partial charge in [0.05, 0.1) is 17.5 Å². The zero-order valence-electron chi connectivity index (χ0n) is 11.5. The normalized spacial score (nSPS) is 22.4. The lowest BCUT2D eigenvalue weighted by Crippen LogP contribution is -2.24. The van der Waals surface area contributed by atoms with Crippen molar-refractivity contribution in [2.45, 2.75) is 45.1 Å². The van der Waals surface area contributed by atoms with Crippen molar-refractivity contribution in [3.05, 3.63) is 29.8 Å². The molecule has 0 radical (unpaired) electrons. The fraction of sp³-hybridized carbons (Fsp3) is 0.529. The van der Waals surface area contributed by atoms with Gasteiger partial charge in [0, 0.05) is 0 Å². The first-order valence-corrected chi connectivity index (χ1v) is 7.67. The van der Waals surface area contributed by atoms with Crippen LogP contribution < -0.4 is 4.74 Å². The summed E-state index contributed by atoms with van der Waals surface area (Å²) in [5.74, 6) is 8.11. The second-order valence-electron chi connectivity index (χ2n) is 5.10. The van der Waals surface area contributed by atoms with Crippen LogP contribution in [0.5, 0.6) is 5.75 Å². The van der Waals surface area contributed by atoms with E-state index in [9.17, 15) is 0 Å². The summed E-state index contributed by atoms with van der Waals surface area (Å²) in [6.45, 7) is 2.28. The van der Waals surface area contributed by atoms with Gasteiger partial charge in [-0.05, 0) is 43.7 Å². The van der Waals surface area contributed by atoms with E-state index in [4.69, 9.17) is 16.3 Å². The van der Waals surface area contributed by atoms with E-state index in [1.165, 1.54) is 19.3 Å². The molecule has 0 saturated heterocycles. The molecule has 0 atom stereocenters. The third-order valence-electron chi connectivity index (χ3n) is 3.84. The van der Waals surface area contributed by atoms with Gasteiger partial charge in [0.2, 0.25) is 0 Å². The van der Waals surface area contributed by atoms with Crippen molar-refractivity contribution in [2.75, 3.05) is 5.88 Å². The van der Waals surface area contributed by atoms with Crippen LogP contribution in [0.15, 0.2) is 24.3 Å². The topological polar surface area (TPSA) is 9.23 Å². The Balaban J connectivity index is 1.99. The van der Waals surface area contributed by atoms with Crippen LogP contribution in [0.3, 0.4) is 0 Å². The Bertz CT molecular complexity index is 450. The van der Waals surface area contributed by atoms with E-state index in [0.717, 1.165) is 30.1 Å². The Hall–Kier alpha value is -1.13. The molecule has 1 aliphatic carbocycles. The van der Waals surface area contributed by atoms with Crippen molar-refractivity contribution in [1.29, 1.82) is 0 Å². The first-order valence-electron chi connectivity index (χ1n) is 7.14. The summed E-state index contributed by atoms with van der Waals surface area (Å²) in [4.78, 5) is 0. The highest BCUT2D eigenvalue weighted by atomic mass is 35.5. The van der Waals surface area contributed by atoms with Crippen molar-refractivity contribution in [3.63, 3.8) is 0 Å². The summed E-state index contributed by atoms with van der Waals surface area (Å²) < 4.78 is 6.13. The second-order valence-corrected chi connectivity index (χ2v) is 5.37. The van der Waals surface area contributed by atoms with Crippen molar-refractivity contribution >= 4 is 11.6 Å². The van der Waals surface area contributed by atoms with E-state index in [0.29, 0.717) is 12.0 Å². The number of para-hydroxylation sites is 1. The number of halogens is 1. The van der Waals surface area contributed by atoms with Crippen molar-refractivity contribution in [3.8, 4) is 17.6 Å². The van der Waals surface area contributed by atoms with E-state index in [1.807, 2.05) is 24.3 Å². The second kappa shape index (κ2) is 7.46. The molecular weight excluding hydrogens is 256 g/mol. The Kier molecular flexibility index (Phi) is 5.61. The van der Waals surface area contributed by atoms with Gasteiger partial charge in [-0.1, -0.05) is 37.3 Å². The molecule has 1 nitrogen and oxygen atoms in total. The fourth-order valence-corrected chi connectivity index (χ4v) is 2.71. The van der Waals surface area contributed by atoms with Crippen LogP contribution in [0.1, 0.15) is 44.6 Å². The minimum absolute atomic E-state index is 0.349. The minimum atomic E-state index is 0.349. The molecule has 0 amide bonds. The summed E-state index contributed by atoms with van der Waals surface area (Å²) in [6, 6.07) is 7.98. The van der Waals surface area contributed by atoms with Gasteiger partial charge in [0.25, 0.3) is 0 Å². The van der Waals surface area contributed by atoms with Gasteiger partial charge in [0.15, 0.2) is 0 Å². The first-order chi connectivity index (χ1) is 9.33. The summed E-state index contributed by atoms with van der Waals surface area (Å²) in [6.07, 6.45) is 6.55. The van der Waals surface area contributed by atoms with E-state index in [2.05, 4.69) is 18.8 Å². The number of rotatable bonds is 3. The van der Waals surface area contributed by atoms with Crippen molar-refractivity contribution in [2.24, 2.45) is 5.92 Å². The van der Waals surface area contributed by atoms with Crippen molar-refractivity contribution in [1.82, 2.24) is 0 Å². The van der Waals surface area contributed by atoms with E-state index < -0.39 is 0 Å². The molecule has 0 aromatic heterocycles. The molecule has 0 N–H and O–H groups in total. The van der Waals surface area contributed by atoms with Gasteiger partial charge in [-0.2, -0.15) is 0 Å². The Morgan fingerprint density at radius 1 is 1.21 bits per heavy atom. The third kappa shape index (κ3) is 4.18. The summed E-state index contributed by atoms with van der Waals surface area (Å²) in [5.41, 5.74) is 0.945. The number of hydrogen-bond acceptors (Lipinski definition) is 1. The average Bonchev–Trinajstić information content (AvgIpc) is 2.47. The molecule has 102 valence electrons. The highest BCUT2D eigenvalue weighted by molar-refractivity contribution is 6.19. The summed E-state index contributed by atoms with van der Waals surface area (Å²) in [5, 5.41) is 0. The molecule has 1 saturated carbocycles. The molecule has 2 heteroatoms. The molecule has 0 bridgehead atoms. The molecule has 0 spiro atoms. The molecule has 0 heterocycles. The fourth-order valence-electron chi connectivity index (χ4n) is 2.64. The van der Waals surface area contributed by atoms with E-state index in [-0.39, 0.29) is 0 Å². The molecular formula is C17H21ClO. The minimum Gasteiger partial charge on any atom is -0.489 e.